The Balaban J connectivity index is 1.91. The van der Waals surface area contributed by atoms with E-state index in [0.717, 1.165) is 11.3 Å². The van der Waals surface area contributed by atoms with E-state index < -0.39 is 5.97 Å². The molecule has 5 heteroatoms. The summed E-state index contributed by atoms with van der Waals surface area (Å²) in [5.74, 6) is 0.513. The fraction of sp³-hybridized carbons (Fsp3) is 0.200. The Morgan fingerprint density at radius 3 is 2.40 bits per heavy atom. The molecule has 2 aromatic carbocycles. The second-order valence-corrected chi connectivity index (χ2v) is 6.08. The van der Waals surface area contributed by atoms with Gasteiger partial charge in [0.25, 0.3) is 0 Å². The van der Waals surface area contributed by atoms with E-state index in [1.165, 1.54) is 6.92 Å². The van der Waals surface area contributed by atoms with Crippen LogP contribution < -0.4 is 14.4 Å². The average molecular weight is 337 g/mol. The van der Waals surface area contributed by atoms with Crippen molar-refractivity contribution in [3.05, 3.63) is 58.8 Å². The highest BCUT2D eigenvalue weighted by Crippen LogP contribution is 2.39. The van der Waals surface area contributed by atoms with Gasteiger partial charge in [0.2, 0.25) is 5.78 Å². The lowest BCUT2D eigenvalue weighted by molar-refractivity contribution is -0.131. The maximum absolute atomic E-state index is 12.6. The second-order valence-electron chi connectivity index (χ2n) is 6.08. The van der Waals surface area contributed by atoms with Gasteiger partial charge in [0.05, 0.1) is 5.56 Å². The molecule has 0 spiro atoms. The first-order valence-corrected chi connectivity index (χ1v) is 7.90. The number of hydrogen-bond donors (Lipinski definition) is 0. The summed E-state index contributed by atoms with van der Waals surface area (Å²) in [5, 5.41) is 0. The van der Waals surface area contributed by atoms with Crippen molar-refractivity contribution in [2.24, 2.45) is 0 Å². The maximum Gasteiger partial charge on any atom is 0.308 e. The van der Waals surface area contributed by atoms with Crippen molar-refractivity contribution in [3.8, 4) is 11.5 Å². The molecule has 0 fully saturated rings. The first-order valence-electron chi connectivity index (χ1n) is 7.90. The van der Waals surface area contributed by atoms with E-state index in [-0.39, 0.29) is 11.5 Å². The van der Waals surface area contributed by atoms with Gasteiger partial charge in [-0.15, -0.1) is 0 Å². The summed E-state index contributed by atoms with van der Waals surface area (Å²) in [6.45, 7) is 3.10. The number of ketones is 1. The average Bonchev–Trinajstić information content (AvgIpc) is 2.87. The van der Waals surface area contributed by atoms with Gasteiger partial charge in [-0.25, -0.2) is 0 Å². The molecule has 5 nitrogen and oxygen atoms in total. The number of Topliss-reactive ketones (excluding diaryl/α,β-unsaturated/α-hetero) is 1. The lowest BCUT2D eigenvalue weighted by Gasteiger charge is -2.11. The van der Waals surface area contributed by atoms with Gasteiger partial charge in [-0.3, -0.25) is 9.59 Å². The number of ether oxygens (including phenoxy) is 2. The lowest BCUT2D eigenvalue weighted by Crippen LogP contribution is -2.08. The van der Waals surface area contributed by atoms with Crippen LogP contribution in [0.5, 0.6) is 11.5 Å². The number of benzene rings is 2. The molecule has 0 amide bonds. The van der Waals surface area contributed by atoms with Gasteiger partial charge in [0.1, 0.15) is 11.5 Å². The van der Waals surface area contributed by atoms with Gasteiger partial charge in [-0.05, 0) is 42.8 Å². The Morgan fingerprint density at radius 1 is 1.12 bits per heavy atom. The van der Waals surface area contributed by atoms with Gasteiger partial charge in [-0.2, -0.15) is 0 Å². The number of nitrogens with zero attached hydrogens (tertiary/aromatic N) is 1. The van der Waals surface area contributed by atoms with Crippen LogP contribution in [0.25, 0.3) is 6.08 Å². The Hall–Kier alpha value is -3.08. The number of anilines is 1. The summed E-state index contributed by atoms with van der Waals surface area (Å²) in [4.78, 5) is 25.7. The van der Waals surface area contributed by atoms with Crippen LogP contribution in [0.1, 0.15) is 28.4 Å². The van der Waals surface area contributed by atoms with Crippen LogP contribution in [0.4, 0.5) is 5.69 Å². The number of esters is 1. The molecule has 0 N–H and O–H groups in total. The fourth-order valence-electron chi connectivity index (χ4n) is 2.65. The third kappa shape index (κ3) is 3.26. The standard InChI is InChI=1S/C20H19NO4/c1-12-17(24-13(2)22)10-9-16-19(23)18(25-20(12)16)11-14-5-7-15(8-6-14)21(3)4/h5-11H,1-4H3/b18-11-. The molecular weight excluding hydrogens is 318 g/mol. The number of allylic oxidation sites excluding steroid dienone is 1. The predicted octanol–water partition coefficient (Wildman–Crippen LogP) is 3.60. The summed E-state index contributed by atoms with van der Waals surface area (Å²) in [6.07, 6.45) is 1.71. The molecular formula is C20H19NO4. The van der Waals surface area contributed by atoms with E-state index in [9.17, 15) is 9.59 Å². The minimum atomic E-state index is -0.413. The first-order chi connectivity index (χ1) is 11.9. The number of rotatable bonds is 3. The normalized spacial score (nSPS) is 14.2. The predicted molar refractivity (Wildman–Crippen MR) is 96.2 cm³/mol. The highest BCUT2D eigenvalue weighted by Gasteiger charge is 2.30. The Bertz CT molecular complexity index is 879. The largest absolute Gasteiger partial charge is 0.452 e. The lowest BCUT2D eigenvalue weighted by atomic mass is 10.1. The Labute approximate surface area is 146 Å². The van der Waals surface area contributed by atoms with Crippen molar-refractivity contribution >= 4 is 23.5 Å². The van der Waals surface area contributed by atoms with Gasteiger partial charge in [0, 0.05) is 32.3 Å². The molecule has 0 saturated heterocycles. The zero-order chi connectivity index (χ0) is 18.1. The smallest absolute Gasteiger partial charge is 0.308 e. The highest BCUT2D eigenvalue weighted by molar-refractivity contribution is 6.15. The van der Waals surface area contributed by atoms with Crippen LogP contribution in [0.3, 0.4) is 0 Å². The number of carbonyl (C=O) groups is 2. The topological polar surface area (TPSA) is 55.8 Å². The number of hydrogen-bond acceptors (Lipinski definition) is 5. The van der Waals surface area contributed by atoms with E-state index in [4.69, 9.17) is 9.47 Å². The molecule has 0 atom stereocenters. The molecule has 0 bridgehead atoms. The van der Waals surface area contributed by atoms with Crippen LogP contribution in [0.15, 0.2) is 42.2 Å². The summed E-state index contributed by atoms with van der Waals surface area (Å²) < 4.78 is 10.9. The maximum atomic E-state index is 12.6. The minimum absolute atomic E-state index is 0.177. The molecule has 3 rings (SSSR count). The summed E-state index contributed by atoms with van der Waals surface area (Å²) in [7, 11) is 3.94. The summed E-state index contributed by atoms with van der Waals surface area (Å²) in [6, 6.07) is 11.1. The molecule has 2 aromatic rings. The first kappa shape index (κ1) is 16.8. The van der Waals surface area contributed by atoms with E-state index >= 15 is 0 Å². The zero-order valence-electron chi connectivity index (χ0n) is 14.6. The Kier molecular flexibility index (Phi) is 4.31. The molecule has 0 radical (unpaired) electrons. The van der Waals surface area contributed by atoms with Crippen molar-refractivity contribution < 1.29 is 19.1 Å². The van der Waals surface area contributed by atoms with Gasteiger partial charge in [0.15, 0.2) is 5.76 Å². The van der Waals surface area contributed by atoms with Crippen molar-refractivity contribution in [3.63, 3.8) is 0 Å². The van der Waals surface area contributed by atoms with E-state index in [2.05, 4.69) is 0 Å². The fourth-order valence-corrected chi connectivity index (χ4v) is 2.65. The van der Waals surface area contributed by atoms with E-state index in [1.807, 2.05) is 43.3 Å². The Morgan fingerprint density at radius 2 is 1.80 bits per heavy atom. The van der Waals surface area contributed by atoms with E-state index in [1.54, 1.807) is 25.1 Å². The van der Waals surface area contributed by atoms with Gasteiger partial charge >= 0.3 is 5.97 Å². The minimum Gasteiger partial charge on any atom is -0.452 e. The molecule has 0 saturated carbocycles. The van der Waals surface area contributed by atoms with Crippen LogP contribution in [-0.4, -0.2) is 25.8 Å². The number of carbonyl (C=O) groups excluding carboxylic acids is 2. The zero-order valence-corrected chi connectivity index (χ0v) is 14.6. The third-order valence-electron chi connectivity index (χ3n) is 4.00. The van der Waals surface area contributed by atoms with E-state index in [0.29, 0.717) is 22.6 Å². The highest BCUT2D eigenvalue weighted by atomic mass is 16.5. The van der Waals surface area contributed by atoms with Crippen LogP contribution in [0, 0.1) is 6.92 Å². The van der Waals surface area contributed by atoms with Crippen molar-refractivity contribution in [1.29, 1.82) is 0 Å². The van der Waals surface area contributed by atoms with Crippen LogP contribution in [-0.2, 0) is 4.79 Å². The van der Waals surface area contributed by atoms with Crippen molar-refractivity contribution in [2.75, 3.05) is 19.0 Å². The van der Waals surface area contributed by atoms with Crippen LogP contribution >= 0.6 is 0 Å². The molecule has 128 valence electrons. The quantitative estimate of drug-likeness (QED) is 0.486. The third-order valence-corrected chi connectivity index (χ3v) is 4.00. The molecule has 0 aliphatic carbocycles. The second kappa shape index (κ2) is 6.43. The monoisotopic (exact) mass is 337 g/mol. The van der Waals surface area contributed by atoms with Gasteiger partial charge < -0.3 is 14.4 Å². The molecule has 1 aliphatic rings. The molecule has 1 aliphatic heterocycles. The molecule has 0 unspecified atom stereocenters. The molecule has 0 aromatic heterocycles. The van der Waals surface area contributed by atoms with Crippen molar-refractivity contribution in [2.45, 2.75) is 13.8 Å². The summed E-state index contributed by atoms with van der Waals surface area (Å²) in [5.41, 5.74) is 3.06. The van der Waals surface area contributed by atoms with Crippen molar-refractivity contribution in [1.82, 2.24) is 0 Å². The molecule has 1 heterocycles. The molecule has 25 heavy (non-hydrogen) atoms. The SMILES string of the molecule is CC(=O)Oc1ccc2c(c1C)O/C(=C\c1ccc(N(C)C)cc1)C2=O. The summed E-state index contributed by atoms with van der Waals surface area (Å²) >= 11 is 0. The van der Waals surface area contributed by atoms with Gasteiger partial charge in [-0.1, -0.05) is 12.1 Å². The van der Waals surface area contributed by atoms with Crippen LogP contribution in [0.2, 0.25) is 0 Å². The number of fused-ring (bicyclic) bond motifs is 1.